The van der Waals surface area contributed by atoms with Crippen LogP contribution in [0.1, 0.15) is 52.8 Å². The molecule has 118 valence electrons. The normalized spacial score (nSPS) is 15.1. The van der Waals surface area contributed by atoms with Crippen LogP contribution in [0.15, 0.2) is 48.5 Å². The van der Waals surface area contributed by atoms with Crippen LogP contribution in [0.5, 0.6) is 0 Å². The van der Waals surface area contributed by atoms with Crippen LogP contribution in [0.3, 0.4) is 0 Å². The first-order valence-electron chi connectivity index (χ1n) is 8.21. The quantitative estimate of drug-likeness (QED) is 0.746. The lowest BCUT2D eigenvalue weighted by atomic mass is 9.93. The average Bonchev–Trinajstić information content (AvgIpc) is 2.64. The Labute approximate surface area is 136 Å². The van der Waals surface area contributed by atoms with Crippen LogP contribution in [0.2, 0.25) is 0 Å². The van der Waals surface area contributed by atoms with Gasteiger partial charge in [-0.05, 0) is 61.4 Å². The molecule has 1 saturated carbocycles. The minimum atomic E-state index is 0.466. The second-order valence-corrected chi connectivity index (χ2v) is 6.08. The third-order valence-corrected chi connectivity index (χ3v) is 4.55. The second kappa shape index (κ2) is 7.23. The van der Waals surface area contributed by atoms with Crippen molar-refractivity contribution < 1.29 is 9.59 Å². The molecule has 1 fully saturated rings. The first-order chi connectivity index (χ1) is 11.3. The Balaban J connectivity index is 1.96. The molecule has 0 saturated heterocycles. The van der Waals surface area contributed by atoms with Crippen LogP contribution in [0.25, 0.3) is 0 Å². The summed E-state index contributed by atoms with van der Waals surface area (Å²) in [6, 6.07) is 15.9. The van der Waals surface area contributed by atoms with Crippen molar-refractivity contribution in [2.75, 3.05) is 4.90 Å². The SMILES string of the molecule is O=Cc1ccc(N(c2ccc(C=O)cc2)C2CCCCC2)cc1. The highest BCUT2D eigenvalue weighted by atomic mass is 16.1. The van der Waals surface area contributed by atoms with Gasteiger partial charge >= 0.3 is 0 Å². The Morgan fingerprint density at radius 1 is 0.696 bits per heavy atom. The Hall–Kier alpha value is -2.42. The Bertz CT molecular complexity index is 604. The molecule has 0 N–H and O–H groups in total. The van der Waals surface area contributed by atoms with Crippen LogP contribution in [0.4, 0.5) is 11.4 Å². The maximum atomic E-state index is 10.9. The Morgan fingerprint density at radius 3 is 1.52 bits per heavy atom. The van der Waals surface area contributed by atoms with E-state index in [4.69, 9.17) is 0 Å². The first kappa shape index (κ1) is 15.5. The Morgan fingerprint density at radius 2 is 1.13 bits per heavy atom. The summed E-state index contributed by atoms with van der Waals surface area (Å²) in [5.41, 5.74) is 3.57. The molecule has 1 aliphatic rings. The molecular weight excluding hydrogens is 286 g/mol. The fraction of sp³-hybridized carbons (Fsp3) is 0.300. The molecule has 0 heterocycles. The summed E-state index contributed by atoms with van der Waals surface area (Å²) in [7, 11) is 0. The molecule has 0 bridgehead atoms. The van der Waals surface area contributed by atoms with Gasteiger partial charge < -0.3 is 4.90 Å². The van der Waals surface area contributed by atoms with Gasteiger partial charge in [0.25, 0.3) is 0 Å². The van der Waals surface area contributed by atoms with Gasteiger partial charge in [0.2, 0.25) is 0 Å². The lowest BCUT2D eigenvalue weighted by Gasteiger charge is -2.36. The zero-order chi connectivity index (χ0) is 16.1. The van der Waals surface area contributed by atoms with Crippen molar-refractivity contribution in [1.82, 2.24) is 0 Å². The highest BCUT2D eigenvalue weighted by molar-refractivity contribution is 5.78. The number of rotatable bonds is 5. The maximum Gasteiger partial charge on any atom is 0.150 e. The molecule has 0 spiro atoms. The minimum absolute atomic E-state index is 0.466. The van der Waals surface area contributed by atoms with Gasteiger partial charge in [-0.25, -0.2) is 0 Å². The molecule has 1 aliphatic carbocycles. The molecular formula is C20H21NO2. The van der Waals surface area contributed by atoms with Crippen LogP contribution < -0.4 is 4.90 Å². The summed E-state index contributed by atoms with van der Waals surface area (Å²) in [5.74, 6) is 0. The van der Waals surface area contributed by atoms with E-state index in [2.05, 4.69) is 4.90 Å². The van der Waals surface area contributed by atoms with Crippen molar-refractivity contribution in [3.8, 4) is 0 Å². The molecule has 3 nitrogen and oxygen atoms in total. The highest BCUT2D eigenvalue weighted by Gasteiger charge is 2.23. The monoisotopic (exact) mass is 307 g/mol. The zero-order valence-corrected chi connectivity index (χ0v) is 13.2. The van der Waals surface area contributed by atoms with Gasteiger partial charge in [0.05, 0.1) is 0 Å². The summed E-state index contributed by atoms with van der Waals surface area (Å²) in [5, 5.41) is 0. The standard InChI is InChI=1S/C20H21NO2/c22-14-16-6-10-19(11-7-16)21(18-4-2-1-3-5-18)20-12-8-17(15-23)9-13-20/h6-15,18H,1-5H2. The predicted octanol–water partition coefficient (Wildman–Crippen LogP) is 4.78. The number of hydrogen-bond acceptors (Lipinski definition) is 3. The van der Waals surface area contributed by atoms with E-state index >= 15 is 0 Å². The first-order valence-corrected chi connectivity index (χ1v) is 8.21. The molecule has 23 heavy (non-hydrogen) atoms. The van der Waals surface area contributed by atoms with Gasteiger partial charge in [0, 0.05) is 28.5 Å². The average molecular weight is 307 g/mol. The van der Waals surface area contributed by atoms with Gasteiger partial charge in [0.1, 0.15) is 12.6 Å². The fourth-order valence-electron chi connectivity index (χ4n) is 3.34. The highest BCUT2D eigenvalue weighted by Crippen LogP contribution is 2.34. The largest absolute Gasteiger partial charge is 0.338 e. The maximum absolute atomic E-state index is 10.9. The van der Waals surface area contributed by atoms with E-state index < -0.39 is 0 Å². The second-order valence-electron chi connectivity index (χ2n) is 6.08. The third-order valence-electron chi connectivity index (χ3n) is 4.55. The van der Waals surface area contributed by atoms with Crippen molar-refractivity contribution in [3.63, 3.8) is 0 Å². The third kappa shape index (κ3) is 3.50. The summed E-state index contributed by atoms with van der Waals surface area (Å²) in [6.45, 7) is 0. The summed E-state index contributed by atoms with van der Waals surface area (Å²) in [4.78, 5) is 24.1. The molecule has 2 aromatic carbocycles. The summed E-state index contributed by atoms with van der Waals surface area (Å²) in [6.07, 6.45) is 7.88. The predicted molar refractivity (Wildman–Crippen MR) is 92.7 cm³/mol. The van der Waals surface area contributed by atoms with E-state index in [0.717, 1.165) is 23.9 Å². The summed E-state index contributed by atoms with van der Waals surface area (Å²) < 4.78 is 0. The molecule has 0 aliphatic heterocycles. The van der Waals surface area contributed by atoms with E-state index in [1.807, 2.05) is 48.5 Å². The van der Waals surface area contributed by atoms with Crippen LogP contribution in [0, 0.1) is 0 Å². The van der Waals surface area contributed by atoms with Gasteiger partial charge in [-0.15, -0.1) is 0 Å². The topological polar surface area (TPSA) is 37.4 Å². The molecule has 2 aromatic rings. The number of benzene rings is 2. The number of hydrogen-bond donors (Lipinski definition) is 0. The fourth-order valence-corrected chi connectivity index (χ4v) is 3.34. The van der Waals surface area contributed by atoms with E-state index in [1.54, 1.807) is 0 Å². The van der Waals surface area contributed by atoms with E-state index in [1.165, 1.54) is 32.1 Å². The van der Waals surface area contributed by atoms with E-state index in [0.29, 0.717) is 17.2 Å². The van der Waals surface area contributed by atoms with Crippen LogP contribution in [-0.4, -0.2) is 18.6 Å². The van der Waals surface area contributed by atoms with E-state index in [-0.39, 0.29) is 0 Å². The lowest BCUT2D eigenvalue weighted by molar-refractivity contribution is 0.111. The molecule has 0 radical (unpaired) electrons. The van der Waals surface area contributed by atoms with Crippen molar-refractivity contribution in [2.24, 2.45) is 0 Å². The minimum Gasteiger partial charge on any atom is -0.338 e. The lowest BCUT2D eigenvalue weighted by Crippen LogP contribution is -2.32. The molecule has 0 unspecified atom stereocenters. The Kier molecular flexibility index (Phi) is 4.86. The number of anilines is 2. The van der Waals surface area contributed by atoms with Gasteiger partial charge in [-0.1, -0.05) is 19.3 Å². The van der Waals surface area contributed by atoms with Crippen LogP contribution >= 0.6 is 0 Å². The van der Waals surface area contributed by atoms with Gasteiger partial charge in [0.15, 0.2) is 0 Å². The molecule has 0 aromatic heterocycles. The van der Waals surface area contributed by atoms with Gasteiger partial charge in [-0.2, -0.15) is 0 Å². The van der Waals surface area contributed by atoms with Crippen LogP contribution in [-0.2, 0) is 0 Å². The van der Waals surface area contributed by atoms with E-state index in [9.17, 15) is 9.59 Å². The number of carbonyl (C=O) groups excluding carboxylic acids is 2. The molecule has 3 rings (SSSR count). The van der Waals surface area contributed by atoms with Crippen molar-refractivity contribution >= 4 is 23.9 Å². The van der Waals surface area contributed by atoms with Crippen molar-refractivity contribution in [2.45, 2.75) is 38.1 Å². The van der Waals surface area contributed by atoms with Gasteiger partial charge in [-0.3, -0.25) is 9.59 Å². The number of nitrogens with zero attached hydrogens (tertiary/aromatic N) is 1. The smallest absolute Gasteiger partial charge is 0.150 e. The molecule has 3 heteroatoms. The number of aldehydes is 2. The molecule has 0 atom stereocenters. The number of carbonyl (C=O) groups is 2. The van der Waals surface area contributed by atoms with Crippen molar-refractivity contribution in [3.05, 3.63) is 59.7 Å². The molecule has 0 amide bonds. The van der Waals surface area contributed by atoms with Crippen molar-refractivity contribution in [1.29, 1.82) is 0 Å². The summed E-state index contributed by atoms with van der Waals surface area (Å²) >= 11 is 0. The zero-order valence-electron chi connectivity index (χ0n) is 13.2.